The van der Waals surface area contributed by atoms with Crippen LogP contribution in [0.3, 0.4) is 0 Å². The number of methoxy groups -OCH3 is 1. The summed E-state index contributed by atoms with van der Waals surface area (Å²) in [5, 5.41) is 0. The maximum atomic E-state index is 13.3. The molecule has 1 saturated heterocycles. The summed E-state index contributed by atoms with van der Waals surface area (Å²) in [6.07, 6.45) is 3.85. The monoisotopic (exact) mass is 385 g/mol. The molecule has 7 nitrogen and oxygen atoms in total. The van der Waals surface area contributed by atoms with Crippen LogP contribution in [0.1, 0.15) is 46.0 Å². The Kier molecular flexibility index (Phi) is 5.75. The van der Waals surface area contributed by atoms with Crippen molar-refractivity contribution < 1.29 is 17.9 Å². The molecule has 2 fully saturated rings. The van der Waals surface area contributed by atoms with E-state index >= 15 is 0 Å². The zero-order valence-electron chi connectivity index (χ0n) is 16.1. The number of sulfonamides is 1. The predicted molar refractivity (Wildman–Crippen MR) is 101 cm³/mol. The second kappa shape index (κ2) is 7.56. The van der Waals surface area contributed by atoms with Crippen LogP contribution in [-0.2, 0) is 19.6 Å². The number of nitrogens with zero attached hydrogens (tertiary/aromatic N) is 3. The van der Waals surface area contributed by atoms with Crippen molar-refractivity contribution in [3.63, 3.8) is 0 Å². The lowest BCUT2D eigenvalue weighted by Crippen LogP contribution is -2.47. The first-order chi connectivity index (χ1) is 12.4. The molecule has 0 bridgehead atoms. The van der Waals surface area contributed by atoms with E-state index in [-0.39, 0.29) is 23.5 Å². The number of hydrogen-bond acceptors (Lipinski definition) is 5. The topological polar surface area (TPSA) is 79.3 Å². The molecule has 1 spiro atoms. The second-order valence-electron chi connectivity index (χ2n) is 7.65. The van der Waals surface area contributed by atoms with E-state index in [1.165, 1.54) is 0 Å². The van der Waals surface area contributed by atoms with Crippen LogP contribution in [0.25, 0.3) is 0 Å². The van der Waals surface area contributed by atoms with Crippen molar-refractivity contribution in [1.82, 2.24) is 9.21 Å². The van der Waals surface area contributed by atoms with Gasteiger partial charge < -0.3 is 4.74 Å². The number of rotatable bonds is 8. The molecule has 1 amide bonds. The molecule has 0 aromatic carbocycles. The molecular weight excluding hydrogens is 354 g/mol. The fourth-order valence-corrected chi connectivity index (χ4v) is 6.43. The fraction of sp³-hybridized carbons (Fsp3) is 0.889. The third-order valence-corrected chi connectivity index (χ3v) is 8.05. The number of ether oxygens (including phenoxy) is 1. The van der Waals surface area contributed by atoms with Crippen LogP contribution in [0.15, 0.2) is 4.99 Å². The minimum absolute atomic E-state index is 0.000460. The molecule has 0 aromatic heterocycles. The van der Waals surface area contributed by atoms with Gasteiger partial charge in [0.15, 0.2) is 0 Å². The van der Waals surface area contributed by atoms with E-state index in [1.807, 2.05) is 13.8 Å². The Balaban J connectivity index is 1.80. The van der Waals surface area contributed by atoms with Crippen molar-refractivity contribution in [3.8, 4) is 0 Å². The van der Waals surface area contributed by atoms with Gasteiger partial charge in [0.05, 0.1) is 18.9 Å². The average Bonchev–Trinajstić information content (AvgIpc) is 3.27. The molecular formula is C18H31N3O4S. The highest BCUT2D eigenvalue weighted by molar-refractivity contribution is 7.89. The normalized spacial score (nSPS) is 31.9. The van der Waals surface area contributed by atoms with Gasteiger partial charge in [-0.3, -0.25) is 14.7 Å². The van der Waals surface area contributed by atoms with Crippen LogP contribution in [0.5, 0.6) is 0 Å². The Hall–Kier alpha value is -0.990. The summed E-state index contributed by atoms with van der Waals surface area (Å²) in [5.74, 6) is 1.31. The van der Waals surface area contributed by atoms with Gasteiger partial charge in [0, 0.05) is 32.5 Å². The SMILES string of the molecule is CCCCS(=O)(=O)N1C[C@H]2CC[C@@]3(N=C(CC)N(CCOC)C3=O)[C@H]2C1. The Morgan fingerprint density at radius 1 is 1.31 bits per heavy atom. The predicted octanol–water partition coefficient (Wildman–Crippen LogP) is 1.49. The minimum Gasteiger partial charge on any atom is -0.383 e. The summed E-state index contributed by atoms with van der Waals surface area (Å²) in [5.41, 5.74) is -0.751. The van der Waals surface area contributed by atoms with Gasteiger partial charge in [-0.05, 0) is 25.2 Å². The number of unbranched alkanes of at least 4 members (excludes halogenated alkanes) is 1. The Morgan fingerprint density at radius 2 is 2.08 bits per heavy atom. The summed E-state index contributed by atoms with van der Waals surface area (Å²) < 4.78 is 32.0. The molecule has 0 radical (unpaired) electrons. The number of aliphatic imine (C=N–C) groups is 1. The van der Waals surface area contributed by atoms with Crippen LogP contribution in [0, 0.1) is 11.8 Å². The first-order valence-corrected chi connectivity index (χ1v) is 11.4. The minimum atomic E-state index is -3.23. The van der Waals surface area contributed by atoms with Crippen molar-refractivity contribution in [1.29, 1.82) is 0 Å². The van der Waals surface area contributed by atoms with Gasteiger partial charge in [0.2, 0.25) is 10.0 Å². The van der Waals surface area contributed by atoms with Gasteiger partial charge in [0.25, 0.3) is 5.91 Å². The smallest absolute Gasteiger partial charge is 0.256 e. The zero-order chi connectivity index (χ0) is 18.9. The Labute approximate surface area is 156 Å². The van der Waals surface area contributed by atoms with Crippen molar-refractivity contribution in [3.05, 3.63) is 0 Å². The number of carbonyl (C=O) groups is 1. The third-order valence-electron chi connectivity index (χ3n) is 6.16. The molecule has 2 aliphatic heterocycles. The summed E-state index contributed by atoms with van der Waals surface area (Å²) in [6.45, 7) is 5.97. The third kappa shape index (κ3) is 3.20. The molecule has 3 rings (SSSR count). The first-order valence-electron chi connectivity index (χ1n) is 9.77. The van der Waals surface area contributed by atoms with E-state index in [4.69, 9.17) is 9.73 Å². The van der Waals surface area contributed by atoms with Crippen LogP contribution >= 0.6 is 0 Å². The van der Waals surface area contributed by atoms with E-state index in [0.29, 0.717) is 39.1 Å². The lowest BCUT2D eigenvalue weighted by atomic mass is 9.85. The average molecular weight is 386 g/mol. The van der Waals surface area contributed by atoms with Gasteiger partial charge in [0.1, 0.15) is 11.4 Å². The molecule has 0 N–H and O–H groups in total. The van der Waals surface area contributed by atoms with Crippen LogP contribution in [-0.4, -0.2) is 74.0 Å². The molecule has 148 valence electrons. The number of hydrogen-bond donors (Lipinski definition) is 0. The molecule has 1 aliphatic carbocycles. The maximum absolute atomic E-state index is 13.3. The molecule has 0 aromatic rings. The summed E-state index contributed by atoms with van der Waals surface area (Å²) in [7, 11) is -1.61. The molecule has 0 unspecified atom stereocenters. The van der Waals surface area contributed by atoms with E-state index in [9.17, 15) is 13.2 Å². The lowest BCUT2D eigenvalue weighted by Gasteiger charge is -2.28. The van der Waals surface area contributed by atoms with Crippen LogP contribution in [0.2, 0.25) is 0 Å². The second-order valence-corrected chi connectivity index (χ2v) is 9.74. The van der Waals surface area contributed by atoms with Crippen molar-refractivity contribution >= 4 is 21.8 Å². The summed E-state index contributed by atoms with van der Waals surface area (Å²) in [6, 6.07) is 0. The van der Waals surface area contributed by atoms with Crippen molar-refractivity contribution in [2.24, 2.45) is 16.8 Å². The molecule has 3 aliphatic rings. The van der Waals surface area contributed by atoms with Crippen molar-refractivity contribution in [2.45, 2.75) is 51.5 Å². The summed E-state index contributed by atoms with van der Waals surface area (Å²) >= 11 is 0. The Morgan fingerprint density at radius 3 is 2.73 bits per heavy atom. The molecule has 26 heavy (non-hydrogen) atoms. The fourth-order valence-electron chi connectivity index (χ4n) is 4.72. The maximum Gasteiger partial charge on any atom is 0.256 e. The molecule has 8 heteroatoms. The quantitative estimate of drug-likeness (QED) is 0.634. The van der Waals surface area contributed by atoms with E-state index < -0.39 is 15.6 Å². The molecule has 1 saturated carbocycles. The van der Waals surface area contributed by atoms with E-state index in [0.717, 1.165) is 25.1 Å². The van der Waals surface area contributed by atoms with Gasteiger partial charge in [-0.2, -0.15) is 0 Å². The van der Waals surface area contributed by atoms with E-state index in [2.05, 4.69) is 0 Å². The first kappa shape index (κ1) is 19.8. The highest BCUT2D eigenvalue weighted by Crippen LogP contribution is 2.50. The molecule has 3 atom stereocenters. The number of fused-ring (bicyclic) bond motifs is 2. The van der Waals surface area contributed by atoms with Crippen molar-refractivity contribution in [2.75, 3.05) is 39.1 Å². The summed E-state index contributed by atoms with van der Waals surface area (Å²) in [4.78, 5) is 19.9. The van der Waals surface area contributed by atoms with E-state index in [1.54, 1.807) is 16.3 Å². The lowest BCUT2D eigenvalue weighted by molar-refractivity contribution is -0.132. The van der Waals surface area contributed by atoms with Gasteiger partial charge in [-0.25, -0.2) is 12.7 Å². The van der Waals surface area contributed by atoms with Gasteiger partial charge in [-0.1, -0.05) is 20.3 Å². The zero-order valence-corrected chi connectivity index (χ0v) is 16.9. The number of carbonyl (C=O) groups excluding carboxylic acids is 1. The number of amides is 1. The Bertz CT molecular complexity index is 678. The van der Waals surface area contributed by atoms with Crippen LogP contribution < -0.4 is 0 Å². The largest absolute Gasteiger partial charge is 0.383 e. The highest BCUT2D eigenvalue weighted by Gasteiger charge is 2.61. The van der Waals surface area contributed by atoms with Gasteiger partial charge >= 0.3 is 0 Å². The number of amidine groups is 1. The van der Waals surface area contributed by atoms with Crippen LogP contribution in [0.4, 0.5) is 0 Å². The highest BCUT2D eigenvalue weighted by atomic mass is 32.2. The van der Waals surface area contributed by atoms with Gasteiger partial charge in [-0.15, -0.1) is 0 Å². The standard InChI is InChI=1S/C18H31N3O4S/c1-4-6-11-26(23,24)20-12-14-7-8-18(15(14)13-20)17(22)21(9-10-25-3)16(5-2)19-18/h14-15H,4-13H2,1-3H3/t14-,15+,18-/m1/s1. The molecule has 2 heterocycles.